The van der Waals surface area contributed by atoms with E-state index in [-0.39, 0.29) is 5.91 Å². The van der Waals surface area contributed by atoms with Crippen molar-refractivity contribution in [2.75, 3.05) is 5.32 Å². The van der Waals surface area contributed by atoms with E-state index in [2.05, 4.69) is 27.4 Å². The number of hydrogen-bond acceptors (Lipinski definition) is 4. The largest absolute Gasteiger partial charge is 0.295 e. The molecule has 0 bridgehead atoms. The fraction of sp³-hybridized carbons (Fsp3) is 0.455. The van der Waals surface area contributed by atoms with Crippen LogP contribution >= 0.6 is 0 Å². The maximum atomic E-state index is 11.0. The molecule has 90 valence electrons. The lowest BCUT2D eigenvalue weighted by atomic mass is 10.2. The molecule has 6 nitrogen and oxygen atoms in total. The van der Waals surface area contributed by atoms with E-state index in [1.54, 1.807) is 4.40 Å². The standard InChI is InChI=1S/C11H15N5O/c1-4-5-9-10-14-15-11(13-8(3)17)16(10)6-7(2)12-9/h6H,4-5H2,1-3H3,(H,13,15,17). The Kier molecular flexibility index (Phi) is 3.03. The molecule has 2 rings (SSSR count). The van der Waals surface area contributed by atoms with Gasteiger partial charge in [0.1, 0.15) is 0 Å². The van der Waals surface area contributed by atoms with Crippen LogP contribution in [-0.4, -0.2) is 25.5 Å². The summed E-state index contributed by atoms with van der Waals surface area (Å²) in [5.41, 5.74) is 2.50. The van der Waals surface area contributed by atoms with Crippen molar-refractivity contribution in [2.24, 2.45) is 0 Å². The van der Waals surface area contributed by atoms with Crippen LogP contribution in [0, 0.1) is 6.92 Å². The molecule has 0 unspecified atom stereocenters. The van der Waals surface area contributed by atoms with E-state index < -0.39 is 0 Å². The second-order valence-corrected chi connectivity index (χ2v) is 3.98. The van der Waals surface area contributed by atoms with Crippen molar-refractivity contribution < 1.29 is 4.79 Å². The minimum atomic E-state index is -0.161. The summed E-state index contributed by atoms with van der Waals surface area (Å²) >= 11 is 0. The second-order valence-electron chi connectivity index (χ2n) is 3.98. The highest BCUT2D eigenvalue weighted by Crippen LogP contribution is 2.14. The van der Waals surface area contributed by atoms with Crippen molar-refractivity contribution in [3.05, 3.63) is 17.6 Å². The molecule has 0 aliphatic rings. The quantitative estimate of drug-likeness (QED) is 0.868. The monoisotopic (exact) mass is 233 g/mol. The molecule has 0 atom stereocenters. The van der Waals surface area contributed by atoms with Gasteiger partial charge in [-0.2, -0.15) is 0 Å². The molecule has 0 saturated heterocycles. The Bertz CT molecular complexity index is 560. The number of aryl methyl sites for hydroxylation is 2. The molecule has 0 aliphatic carbocycles. The molecule has 0 fully saturated rings. The summed E-state index contributed by atoms with van der Waals surface area (Å²) in [7, 11) is 0. The fourth-order valence-corrected chi connectivity index (χ4v) is 1.74. The van der Waals surface area contributed by atoms with Crippen LogP contribution < -0.4 is 5.32 Å². The van der Waals surface area contributed by atoms with Crippen LogP contribution in [-0.2, 0) is 11.2 Å². The van der Waals surface area contributed by atoms with Gasteiger partial charge >= 0.3 is 0 Å². The number of fused-ring (bicyclic) bond motifs is 1. The molecule has 2 aromatic heterocycles. The molecule has 17 heavy (non-hydrogen) atoms. The third kappa shape index (κ3) is 2.25. The van der Waals surface area contributed by atoms with Gasteiger partial charge in [0.15, 0.2) is 5.65 Å². The molecule has 0 radical (unpaired) electrons. The first-order valence-electron chi connectivity index (χ1n) is 5.60. The Morgan fingerprint density at radius 1 is 1.47 bits per heavy atom. The van der Waals surface area contributed by atoms with Crippen molar-refractivity contribution >= 4 is 17.5 Å². The summed E-state index contributed by atoms with van der Waals surface area (Å²) in [4.78, 5) is 15.5. The van der Waals surface area contributed by atoms with Crippen molar-refractivity contribution in [1.29, 1.82) is 0 Å². The van der Waals surface area contributed by atoms with Gasteiger partial charge in [0, 0.05) is 13.1 Å². The van der Waals surface area contributed by atoms with Gasteiger partial charge in [0.05, 0.1) is 11.4 Å². The Hall–Kier alpha value is -1.98. The molecule has 0 spiro atoms. The first-order chi connectivity index (χ1) is 8.11. The Morgan fingerprint density at radius 3 is 2.88 bits per heavy atom. The highest BCUT2D eigenvalue weighted by atomic mass is 16.1. The topological polar surface area (TPSA) is 72.2 Å². The molecule has 1 amide bonds. The zero-order valence-electron chi connectivity index (χ0n) is 10.2. The average molecular weight is 233 g/mol. The molecular weight excluding hydrogens is 218 g/mol. The van der Waals surface area contributed by atoms with Gasteiger partial charge in [0.25, 0.3) is 0 Å². The van der Waals surface area contributed by atoms with Crippen molar-refractivity contribution in [2.45, 2.75) is 33.6 Å². The van der Waals surface area contributed by atoms with E-state index in [9.17, 15) is 4.79 Å². The number of rotatable bonds is 3. The number of hydrogen-bond donors (Lipinski definition) is 1. The summed E-state index contributed by atoms with van der Waals surface area (Å²) in [5.74, 6) is 0.279. The third-order valence-corrected chi connectivity index (χ3v) is 2.36. The minimum Gasteiger partial charge on any atom is -0.295 e. The normalized spacial score (nSPS) is 10.8. The summed E-state index contributed by atoms with van der Waals surface area (Å²) in [6.45, 7) is 5.45. The fourth-order valence-electron chi connectivity index (χ4n) is 1.74. The van der Waals surface area contributed by atoms with Crippen LogP contribution in [0.2, 0.25) is 0 Å². The lowest BCUT2D eigenvalue weighted by Crippen LogP contribution is -2.10. The van der Waals surface area contributed by atoms with Crippen LogP contribution in [0.25, 0.3) is 5.65 Å². The van der Waals surface area contributed by atoms with E-state index in [4.69, 9.17) is 0 Å². The Labute approximate surface area is 99.1 Å². The van der Waals surface area contributed by atoms with Gasteiger partial charge < -0.3 is 0 Å². The number of nitrogens with one attached hydrogen (secondary N) is 1. The SMILES string of the molecule is CCCc1nc(C)cn2c(NC(C)=O)nnc12. The Morgan fingerprint density at radius 2 is 2.24 bits per heavy atom. The maximum Gasteiger partial charge on any atom is 0.235 e. The molecular formula is C11H15N5O. The van der Waals surface area contributed by atoms with Crippen molar-refractivity contribution in [3.63, 3.8) is 0 Å². The van der Waals surface area contributed by atoms with Gasteiger partial charge in [-0.3, -0.25) is 19.5 Å². The molecule has 0 aromatic carbocycles. The number of nitrogens with zero attached hydrogens (tertiary/aromatic N) is 4. The third-order valence-electron chi connectivity index (χ3n) is 2.36. The number of amides is 1. The Balaban J connectivity index is 2.56. The smallest absolute Gasteiger partial charge is 0.235 e. The number of carbonyl (C=O) groups excluding carboxylic acids is 1. The van der Waals surface area contributed by atoms with Crippen LogP contribution in [0.1, 0.15) is 31.7 Å². The predicted molar refractivity (Wildman–Crippen MR) is 63.8 cm³/mol. The van der Waals surface area contributed by atoms with E-state index in [1.807, 2.05) is 13.1 Å². The summed E-state index contributed by atoms with van der Waals surface area (Å²) in [5, 5.41) is 10.7. The number of carbonyl (C=O) groups is 1. The molecule has 1 N–H and O–H groups in total. The number of aromatic nitrogens is 4. The molecule has 0 saturated carbocycles. The lowest BCUT2D eigenvalue weighted by Gasteiger charge is -2.04. The summed E-state index contributed by atoms with van der Waals surface area (Å²) in [6, 6.07) is 0. The van der Waals surface area contributed by atoms with Crippen LogP contribution in [0.5, 0.6) is 0 Å². The van der Waals surface area contributed by atoms with E-state index in [0.717, 1.165) is 24.2 Å². The van der Waals surface area contributed by atoms with Crippen LogP contribution in [0.3, 0.4) is 0 Å². The van der Waals surface area contributed by atoms with Crippen LogP contribution in [0.15, 0.2) is 6.20 Å². The molecule has 6 heteroatoms. The van der Waals surface area contributed by atoms with Gasteiger partial charge in [-0.1, -0.05) is 13.3 Å². The molecule has 0 aliphatic heterocycles. The van der Waals surface area contributed by atoms with Gasteiger partial charge in [-0.25, -0.2) is 0 Å². The van der Waals surface area contributed by atoms with Crippen molar-refractivity contribution in [1.82, 2.24) is 19.6 Å². The highest BCUT2D eigenvalue weighted by molar-refractivity contribution is 5.87. The van der Waals surface area contributed by atoms with Gasteiger partial charge in [-0.15, -0.1) is 10.2 Å². The minimum absolute atomic E-state index is 0.161. The first-order valence-corrected chi connectivity index (χ1v) is 5.60. The molecule has 2 aromatic rings. The predicted octanol–water partition coefficient (Wildman–Crippen LogP) is 1.34. The summed E-state index contributed by atoms with van der Waals surface area (Å²) in [6.07, 6.45) is 3.66. The average Bonchev–Trinajstić information content (AvgIpc) is 2.61. The molecule has 2 heterocycles. The zero-order valence-corrected chi connectivity index (χ0v) is 10.2. The highest BCUT2D eigenvalue weighted by Gasteiger charge is 2.11. The number of anilines is 1. The van der Waals surface area contributed by atoms with E-state index in [0.29, 0.717) is 11.6 Å². The van der Waals surface area contributed by atoms with Crippen molar-refractivity contribution in [3.8, 4) is 0 Å². The van der Waals surface area contributed by atoms with Crippen LogP contribution in [0.4, 0.5) is 5.95 Å². The first kappa shape index (κ1) is 11.5. The second kappa shape index (κ2) is 4.48. The lowest BCUT2D eigenvalue weighted by molar-refractivity contribution is -0.114. The van der Waals surface area contributed by atoms with Gasteiger partial charge in [-0.05, 0) is 13.3 Å². The zero-order chi connectivity index (χ0) is 12.4. The van der Waals surface area contributed by atoms with E-state index in [1.165, 1.54) is 6.92 Å². The maximum absolute atomic E-state index is 11.0. The van der Waals surface area contributed by atoms with Gasteiger partial charge in [0.2, 0.25) is 11.9 Å². The summed E-state index contributed by atoms with van der Waals surface area (Å²) < 4.78 is 1.77. The van der Waals surface area contributed by atoms with E-state index >= 15 is 0 Å².